The molecule has 0 aliphatic carbocycles. The molecule has 0 atom stereocenters. The average molecular weight is 253 g/mol. The Balaban J connectivity index is 2.46. The Morgan fingerprint density at radius 2 is 2.00 bits per heavy atom. The van der Waals surface area contributed by atoms with E-state index in [-0.39, 0.29) is 10.8 Å². The van der Waals surface area contributed by atoms with Crippen LogP contribution in [0.15, 0.2) is 23.6 Å². The highest BCUT2D eigenvalue weighted by Crippen LogP contribution is 2.35. The standard InChI is InChI=1S/C9H4ClF3OS/c10-6-3-5-1-2-15-8(5)4-7(6)14-9(11,12)13/h1-4H. The summed E-state index contributed by atoms with van der Waals surface area (Å²) in [7, 11) is 0. The number of benzene rings is 1. The second-order valence-electron chi connectivity index (χ2n) is 2.79. The van der Waals surface area contributed by atoms with Crippen LogP contribution in [0.1, 0.15) is 0 Å². The molecule has 1 aromatic carbocycles. The fraction of sp³-hybridized carbons (Fsp3) is 0.111. The first-order valence-corrected chi connectivity index (χ1v) is 5.14. The molecule has 80 valence electrons. The van der Waals surface area contributed by atoms with Crippen LogP contribution in [0.2, 0.25) is 5.02 Å². The van der Waals surface area contributed by atoms with Crippen LogP contribution in [-0.4, -0.2) is 6.36 Å². The van der Waals surface area contributed by atoms with Gasteiger partial charge in [0.15, 0.2) is 0 Å². The Morgan fingerprint density at radius 3 is 2.67 bits per heavy atom. The summed E-state index contributed by atoms with van der Waals surface area (Å²) in [6.07, 6.45) is -4.71. The van der Waals surface area contributed by atoms with Gasteiger partial charge in [-0.2, -0.15) is 0 Å². The van der Waals surface area contributed by atoms with Gasteiger partial charge in [0.2, 0.25) is 0 Å². The van der Waals surface area contributed by atoms with Gasteiger partial charge in [-0.05, 0) is 29.0 Å². The first-order valence-electron chi connectivity index (χ1n) is 3.88. The van der Waals surface area contributed by atoms with Gasteiger partial charge in [0.05, 0.1) is 5.02 Å². The van der Waals surface area contributed by atoms with E-state index < -0.39 is 6.36 Å². The Morgan fingerprint density at radius 1 is 1.27 bits per heavy atom. The number of hydrogen-bond donors (Lipinski definition) is 0. The third-order valence-electron chi connectivity index (χ3n) is 1.73. The van der Waals surface area contributed by atoms with E-state index in [1.165, 1.54) is 23.5 Å². The minimum Gasteiger partial charge on any atom is -0.404 e. The van der Waals surface area contributed by atoms with Gasteiger partial charge in [-0.25, -0.2) is 0 Å². The van der Waals surface area contributed by atoms with Gasteiger partial charge < -0.3 is 4.74 Å². The van der Waals surface area contributed by atoms with Crippen LogP contribution < -0.4 is 4.74 Å². The molecular formula is C9H4ClF3OS. The third kappa shape index (κ3) is 2.35. The monoisotopic (exact) mass is 252 g/mol. The van der Waals surface area contributed by atoms with E-state index >= 15 is 0 Å². The number of alkyl halides is 3. The van der Waals surface area contributed by atoms with E-state index in [2.05, 4.69) is 4.74 Å². The topological polar surface area (TPSA) is 9.23 Å². The van der Waals surface area contributed by atoms with Crippen molar-refractivity contribution in [1.29, 1.82) is 0 Å². The molecule has 0 bridgehead atoms. The quantitative estimate of drug-likeness (QED) is 0.728. The molecule has 0 aliphatic heterocycles. The molecule has 6 heteroatoms. The zero-order valence-corrected chi connectivity index (χ0v) is 8.71. The molecule has 0 saturated carbocycles. The van der Waals surface area contributed by atoms with Gasteiger partial charge in [-0.1, -0.05) is 11.6 Å². The molecular weight excluding hydrogens is 249 g/mol. The maximum absolute atomic E-state index is 12.0. The summed E-state index contributed by atoms with van der Waals surface area (Å²) in [5.41, 5.74) is 0. The van der Waals surface area contributed by atoms with Gasteiger partial charge in [0.1, 0.15) is 5.75 Å². The maximum atomic E-state index is 12.0. The molecule has 0 N–H and O–H groups in total. The highest BCUT2D eigenvalue weighted by molar-refractivity contribution is 7.17. The summed E-state index contributed by atoms with van der Waals surface area (Å²) in [6.45, 7) is 0. The SMILES string of the molecule is FC(F)(F)Oc1cc2sccc2cc1Cl. The number of ether oxygens (including phenoxy) is 1. The van der Waals surface area contributed by atoms with Crippen molar-refractivity contribution < 1.29 is 17.9 Å². The predicted octanol–water partition coefficient (Wildman–Crippen LogP) is 4.45. The number of fused-ring (bicyclic) bond motifs is 1. The summed E-state index contributed by atoms with van der Waals surface area (Å²) in [5.74, 6) is -0.362. The molecule has 0 radical (unpaired) electrons. The Kier molecular flexibility index (Phi) is 2.52. The maximum Gasteiger partial charge on any atom is 0.573 e. The van der Waals surface area contributed by atoms with Crippen molar-refractivity contribution in [1.82, 2.24) is 0 Å². The lowest BCUT2D eigenvalue weighted by Crippen LogP contribution is -2.17. The van der Waals surface area contributed by atoms with E-state index in [9.17, 15) is 13.2 Å². The first kappa shape index (κ1) is 10.6. The lowest BCUT2D eigenvalue weighted by molar-refractivity contribution is -0.274. The van der Waals surface area contributed by atoms with Crippen molar-refractivity contribution in [2.24, 2.45) is 0 Å². The van der Waals surface area contributed by atoms with Gasteiger partial charge in [-0.15, -0.1) is 24.5 Å². The zero-order valence-electron chi connectivity index (χ0n) is 7.14. The van der Waals surface area contributed by atoms with E-state index in [4.69, 9.17) is 11.6 Å². The normalized spacial score (nSPS) is 12.0. The van der Waals surface area contributed by atoms with Crippen molar-refractivity contribution >= 4 is 33.0 Å². The van der Waals surface area contributed by atoms with Crippen LogP contribution in [0.4, 0.5) is 13.2 Å². The highest BCUT2D eigenvalue weighted by Gasteiger charge is 2.32. The van der Waals surface area contributed by atoms with E-state index in [0.29, 0.717) is 4.70 Å². The molecule has 0 aliphatic rings. The smallest absolute Gasteiger partial charge is 0.404 e. The van der Waals surface area contributed by atoms with Crippen molar-refractivity contribution in [2.45, 2.75) is 6.36 Å². The lowest BCUT2D eigenvalue weighted by Gasteiger charge is -2.10. The second kappa shape index (κ2) is 3.57. The molecule has 0 fully saturated rings. The molecule has 1 nitrogen and oxygen atoms in total. The van der Waals surface area contributed by atoms with Crippen LogP contribution in [-0.2, 0) is 0 Å². The molecule has 0 unspecified atom stereocenters. The largest absolute Gasteiger partial charge is 0.573 e. The van der Waals surface area contributed by atoms with Gasteiger partial charge >= 0.3 is 6.36 Å². The molecule has 15 heavy (non-hydrogen) atoms. The Bertz CT molecular complexity index is 492. The number of hydrogen-bond acceptors (Lipinski definition) is 2. The van der Waals surface area contributed by atoms with E-state index in [1.54, 1.807) is 11.4 Å². The van der Waals surface area contributed by atoms with Crippen molar-refractivity contribution in [3.63, 3.8) is 0 Å². The van der Waals surface area contributed by atoms with Crippen molar-refractivity contribution in [3.05, 3.63) is 28.6 Å². The van der Waals surface area contributed by atoms with Gasteiger partial charge in [0.25, 0.3) is 0 Å². The number of thiophene rings is 1. The molecule has 1 aromatic heterocycles. The number of halogens is 4. The minimum atomic E-state index is -4.71. The molecule has 0 spiro atoms. The van der Waals surface area contributed by atoms with E-state index in [0.717, 1.165) is 5.39 Å². The summed E-state index contributed by atoms with van der Waals surface area (Å²) in [4.78, 5) is 0. The molecule has 2 rings (SSSR count). The van der Waals surface area contributed by atoms with Crippen molar-refractivity contribution in [3.8, 4) is 5.75 Å². The number of rotatable bonds is 1. The van der Waals surface area contributed by atoms with Crippen LogP contribution in [0, 0.1) is 0 Å². The molecule has 0 amide bonds. The highest BCUT2D eigenvalue weighted by atomic mass is 35.5. The fourth-order valence-electron chi connectivity index (χ4n) is 1.17. The molecule has 0 saturated heterocycles. The lowest BCUT2D eigenvalue weighted by atomic mass is 10.2. The summed E-state index contributed by atoms with van der Waals surface area (Å²) in [6, 6.07) is 4.52. The predicted molar refractivity (Wildman–Crippen MR) is 53.5 cm³/mol. The third-order valence-corrected chi connectivity index (χ3v) is 2.91. The first-order chi connectivity index (χ1) is 6.96. The van der Waals surface area contributed by atoms with E-state index in [1.807, 2.05) is 0 Å². The average Bonchev–Trinajstić information content (AvgIpc) is 2.49. The molecule has 1 heterocycles. The zero-order chi connectivity index (χ0) is 11.1. The second-order valence-corrected chi connectivity index (χ2v) is 4.14. The minimum absolute atomic E-state index is 0.0433. The molecule has 2 aromatic rings. The van der Waals surface area contributed by atoms with Crippen LogP contribution in [0.3, 0.4) is 0 Å². The fourth-order valence-corrected chi connectivity index (χ4v) is 2.18. The Labute approximate surface area is 92.0 Å². The van der Waals surface area contributed by atoms with Gasteiger partial charge in [-0.3, -0.25) is 0 Å². The Hall–Kier alpha value is -0.940. The summed E-state index contributed by atoms with van der Waals surface area (Å²) < 4.78 is 40.4. The van der Waals surface area contributed by atoms with Crippen LogP contribution in [0.25, 0.3) is 10.1 Å². The van der Waals surface area contributed by atoms with Crippen molar-refractivity contribution in [2.75, 3.05) is 0 Å². The van der Waals surface area contributed by atoms with Crippen LogP contribution in [0.5, 0.6) is 5.75 Å². The van der Waals surface area contributed by atoms with Gasteiger partial charge in [0, 0.05) is 4.70 Å². The summed E-state index contributed by atoms with van der Waals surface area (Å²) in [5, 5.41) is 2.54. The van der Waals surface area contributed by atoms with Crippen LogP contribution >= 0.6 is 22.9 Å². The summed E-state index contributed by atoms with van der Waals surface area (Å²) >= 11 is 6.98.